The van der Waals surface area contributed by atoms with Gasteiger partial charge in [-0.25, -0.2) is 0 Å². The van der Waals surface area contributed by atoms with Gasteiger partial charge in [0.05, 0.1) is 12.5 Å². The summed E-state index contributed by atoms with van der Waals surface area (Å²) in [4.78, 5) is 9.78. The van der Waals surface area contributed by atoms with E-state index in [2.05, 4.69) is 0 Å². The van der Waals surface area contributed by atoms with Crippen LogP contribution in [0.2, 0.25) is 0 Å². The Hall–Kier alpha value is -1.31. The number of carbonyl (C=O) groups excluding carboxylic acids is 1. The molecule has 46 valence electrons. The third kappa shape index (κ3) is 1.57. The molecule has 0 fully saturated rings. The lowest BCUT2D eigenvalue weighted by molar-refractivity contribution is -0.104. The first-order chi connectivity index (χ1) is 4.43. The molecule has 1 heterocycles. The van der Waals surface area contributed by atoms with Crippen molar-refractivity contribution in [2.24, 2.45) is 0 Å². The molecule has 1 aromatic rings. The van der Waals surface area contributed by atoms with Gasteiger partial charge in [-0.1, -0.05) is 0 Å². The van der Waals surface area contributed by atoms with Gasteiger partial charge in [0.1, 0.15) is 6.29 Å². The molecule has 9 heavy (non-hydrogen) atoms. The fourth-order valence-corrected chi connectivity index (χ4v) is 0.520. The zero-order chi connectivity index (χ0) is 6.53. The maximum Gasteiger partial charge on any atom is 0.142 e. The van der Waals surface area contributed by atoms with Crippen molar-refractivity contribution in [1.29, 1.82) is 0 Å². The standard InChI is InChI=1S/C7H6O2/c8-4-1-2-7-3-5-9-6-7/h1-6H/b2-1+. The van der Waals surface area contributed by atoms with E-state index in [9.17, 15) is 4.79 Å². The molecule has 0 spiro atoms. The Kier molecular flexibility index (Phi) is 1.85. The van der Waals surface area contributed by atoms with Gasteiger partial charge in [-0.05, 0) is 18.2 Å². The topological polar surface area (TPSA) is 30.2 Å². The van der Waals surface area contributed by atoms with E-state index in [1.54, 1.807) is 24.7 Å². The zero-order valence-electron chi connectivity index (χ0n) is 4.78. The highest BCUT2D eigenvalue weighted by Crippen LogP contribution is 2.00. The molecule has 2 nitrogen and oxygen atoms in total. The van der Waals surface area contributed by atoms with Crippen LogP contribution in [0, 0.1) is 0 Å². The molecule has 0 amide bonds. The van der Waals surface area contributed by atoms with E-state index in [0.29, 0.717) is 0 Å². The van der Waals surface area contributed by atoms with E-state index in [0.717, 1.165) is 11.8 Å². The molecule has 0 atom stereocenters. The predicted octanol–water partition coefficient (Wildman–Crippen LogP) is 1.49. The molecule has 0 aliphatic carbocycles. The van der Waals surface area contributed by atoms with Gasteiger partial charge in [-0.2, -0.15) is 0 Å². The first-order valence-electron chi connectivity index (χ1n) is 2.57. The van der Waals surface area contributed by atoms with Crippen molar-refractivity contribution < 1.29 is 9.21 Å². The molecule has 0 radical (unpaired) electrons. The Bertz CT molecular complexity index is 197. The Morgan fingerprint density at radius 3 is 3.00 bits per heavy atom. The van der Waals surface area contributed by atoms with Crippen LogP contribution in [-0.2, 0) is 4.79 Å². The summed E-state index contributed by atoms with van der Waals surface area (Å²) >= 11 is 0. The Balaban J connectivity index is 2.67. The van der Waals surface area contributed by atoms with E-state index in [1.165, 1.54) is 6.08 Å². The van der Waals surface area contributed by atoms with E-state index >= 15 is 0 Å². The molecule has 0 unspecified atom stereocenters. The van der Waals surface area contributed by atoms with Gasteiger partial charge >= 0.3 is 0 Å². The van der Waals surface area contributed by atoms with Crippen molar-refractivity contribution in [3.05, 3.63) is 30.2 Å². The Morgan fingerprint density at radius 2 is 2.44 bits per heavy atom. The minimum absolute atomic E-state index is 0.729. The number of hydrogen-bond acceptors (Lipinski definition) is 2. The third-order valence-electron chi connectivity index (χ3n) is 0.910. The highest BCUT2D eigenvalue weighted by atomic mass is 16.3. The lowest BCUT2D eigenvalue weighted by Crippen LogP contribution is -1.60. The highest BCUT2D eigenvalue weighted by Gasteiger charge is 1.82. The maximum absolute atomic E-state index is 9.78. The SMILES string of the molecule is O=C/C=C/c1ccoc1. The molecular weight excluding hydrogens is 116 g/mol. The van der Waals surface area contributed by atoms with Gasteiger partial charge in [0.15, 0.2) is 0 Å². The molecule has 0 N–H and O–H groups in total. The smallest absolute Gasteiger partial charge is 0.142 e. The van der Waals surface area contributed by atoms with Crippen LogP contribution >= 0.6 is 0 Å². The van der Waals surface area contributed by atoms with Crippen LogP contribution in [0.5, 0.6) is 0 Å². The number of allylic oxidation sites excluding steroid dienone is 1. The summed E-state index contributed by atoms with van der Waals surface area (Å²) in [6, 6.07) is 1.78. The van der Waals surface area contributed by atoms with Gasteiger partial charge < -0.3 is 4.42 Å². The van der Waals surface area contributed by atoms with Gasteiger partial charge in [0.25, 0.3) is 0 Å². The Morgan fingerprint density at radius 1 is 1.56 bits per heavy atom. The molecule has 0 saturated heterocycles. The van der Waals surface area contributed by atoms with Crippen LogP contribution in [0.1, 0.15) is 5.56 Å². The van der Waals surface area contributed by atoms with E-state index in [4.69, 9.17) is 4.42 Å². The van der Waals surface area contributed by atoms with Crippen molar-refractivity contribution in [2.45, 2.75) is 0 Å². The summed E-state index contributed by atoms with van der Waals surface area (Å²) in [6.45, 7) is 0. The van der Waals surface area contributed by atoms with Crippen molar-refractivity contribution in [2.75, 3.05) is 0 Å². The first kappa shape index (κ1) is 5.82. The second-order valence-electron chi connectivity index (χ2n) is 1.55. The van der Waals surface area contributed by atoms with Crippen LogP contribution in [0.15, 0.2) is 29.1 Å². The van der Waals surface area contributed by atoms with Crippen LogP contribution in [0.3, 0.4) is 0 Å². The molecule has 0 saturated carbocycles. The number of furan rings is 1. The summed E-state index contributed by atoms with van der Waals surface area (Å²) in [5.74, 6) is 0. The normalized spacial score (nSPS) is 10.2. The lowest BCUT2D eigenvalue weighted by atomic mass is 10.3. The van der Waals surface area contributed by atoms with Crippen molar-refractivity contribution in [3.8, 4) is 0 Å². The van der Waals surface area contributed by atoms with Crippen LogP contribution in [-0.4, -0.2) is 6.29 Å². The number of hydrogen-bond donors (Lipinski definition) is 0. The molecular formula is C7H6O2. The van der Waals surface area contributed by atoms with E-state index < -0.39 is 0 Å². The number of aldehydes is 1. The van der Waals surface area contributed by atoms with E-state index in [1.807, 2.05) is 0 Å². The van der Waals surface area contributed by atoms with Crippen LogP contribution in [0.25, 0.3) is 6.08 Å². The van der Waals surface area contributed by atoms with Crippen molar-refractivity contribution in [3.63, 3.8) is 0 Å². The summed E-state index contributed by atoms with van der Waals surface area (Å²) in [5.41, 5.74) is 0.905. The van der Waals surface area contributed by atoms with Crippen LogP contribution < -0.4 is 0 Å². The molecule has 1 rings (SSSR count). The minimum Gasteiger partial charge on any atom is -0.472 e. The summed E-state index contributed by atoms with van der Waals surface area (Å²) in [5, 5.41) is 0. The molecule has 1 aromatic heterocycles. The summed E-state index contributed by atoms with van der Waals surface area (Å²) in [6.07, 6.45) is 6.96. The van der Waals surface area contributed by atoms with Crippen molar-refractivity contribution in [1.82, 2.24) is 0 Å². The predicted molar refractivity (Wildman–Crippen MR) is 33.8 cm³/mol. The first-order valence-corrected chi connectivity index (χ1v) is 2.57. The fraction of sp³-hybridized carbons (Fsp3) is 0. The molecule has 0 aliphatic rings. The average Bonchev–Trinajstić information content (AvgIpc) is 2.34. The number of carbonyl (C=O) groups is 1. The zero-order valence-corrected chi connectivity index (χ0v) is 4.78. The Labute approximate surface area is 52.8 Å². The fourth-order valence-electron chi connectivity index (χ4n) is 0.520. The average molecular weight is 122 g/mol. The highest BCUT2D eigenvalue weighted by molar-refractivity contribution is 5.73. The molecule has 2 heteroatoms. The largest absolute Gasteiger partial charge is 0.472 e. The summed E-state index contributed by atoms with van der Waals surface area (Å²) in [7, 11) is 0. The van der Waals surface area contributed by atoms with Crippen LogP contribution in [0.4, 0.5) is 0 Å². The molecule has 0 bridgehead atoms. The van der Waals surface area contributed by atoms with Gasteiger partial charge in [0.2, 0.25) is 0 Å². The summed E-state index contributed by atoms with van der Waals surface area (Å²) < 4.78 is 4.74. The van der Waals surface area contributed by atoms with Crippen molar-refractivity contribution >= 4 is 12.4 Å². The van der Waals surface area contributed by atoms with E-state index in [-0.39, 0.29) is 0 Å². The minimum atomic E-state index is 0.729. The van der Waals surface area contributed by atoms with Gasteiger partial charge in [-0.3, -0.25) is 4.79 Å². The quantitative estimate of drug-likeness (QED) is 0.439. The second kappa shape index (κ2) is 2.87. The maximum atomic E-state index is 9.78. The van der Waals surface area contributed by atoms with Gasteiger partial charge in [-0.15, -0.1) is 0 Å². The molecule has 0 aromatic carbocycles. The third-order valence-corrected chi connectivity index (χ3v) is 0.910. The molecule has 0 aliphatic heterocycles. The lowest BCUT2D eigenvalue weighted by Gasteiger charge is -1.73. The second-order valence-corrected chi connectivity index (χ2v) is 1.55. The number of rotatable bonds is 2. The monoisotopic (exact) mass is 122 g/mol. The van der Waals surface area contributed by atoms with Gasteiger partial charge in [0, 0.05) is 5.56 Å².